The van der Waals surface area contributed by atoms with Gasteiger partial charge in [-0.25, -0.2) is 13.1 Å². The van der Waals surface area contributed by atoms with Gasteiger partial charge in [0.05, 0.1) is 25.2 Å². The quantitative estimate of drug-likeness (QED) is 0.629. The summed E-state index contributed by atoms with van der Waals surface area (Å²) in [5.41, 5.74) is 2.12. The van der Waals surface area contributed by atoms with Crippen LogP contribution in [0.4, 0.5) is 0 Å². The first-order chi connectivity index (χ1) is 14.5. The van der Waals surface area contributed by atoms with E-state index in [0.29, 0.717) is 0 Å². The van der Waals surface area contributed by atoms with Crippen LogP contribution in [-0.4, -0.2) is 46.7 Å². The van der Waals surface area contributed by atoms with E-state index < -0.39 is 10.0 Å². The summed E-state index contributed by atoms with van der Waals surface area (Å²) in [6.45, 7) is 4.30. The van der Waals surface area contributed by atoms with E-state index in [9.17, 15) is 8.42 Å². The van der Waals surface area contributed by atoms with Gasteiger partial charge in [-0.3, -0.25) is 4.90 Å². The molecular formula is C23H26N2O4S. The van der Waals surface area contributed by atoms with Gasteiger partial charge in [0.1, 0.15) is 5.75 Å². The van der Waals surface area contributed by atoms with Crippen LogP contribution in [0, 0.1) is 0 Å². The number of ether oxygens (including phenoxy) is 2. The Morgan fingerprint density at radius 1 is 0.967 bits per heavy atom. The summed E-state index contributed by atoms with van der Waals surface area (Å²) in [5.74, 6) is 0.744. The normalized spacial score (nSPS) is 15.4. The molecule has 0 aromatic heterocycles. The minimum Gasteiger partial charge on any atom is -0.497 e. The van der Waals surface area contributed by atoms with Crippen LogP contribution in [0.15, 0.2) is 65.6 Å². The first-order valence-electron chi connectivity index (χ1n) is 9.99. The van der Waals surface area contributed by atoms with Gasteiger partial charge < -0.3 is 9.47 Å². The van der Waals surface area contributed by atoms with Gasteiger partial charge >= 0.3 is 0 Å². The molecule has 0 atom stereocenters. The Hall–Kier alpha value is -2.45. The van der Waals surface area contributed by atoms with Gasteiger partial charge in [-0.2, -0.15) is 0 Å². The Morgan fingerprint density at radius 2 is 1.67 bits per heavy atom. The summed E-state index contributed by atoms with van der Waals surface area (Å²) in [6.07, 6.45) is 0. The zero-order chi connectivity index (χ0) is 21.0. The van der Waals surface area contributed by atoms with Gasteiger partial charge in [0.25, 0.3) is 0 Å². The number of hydrogen-bond donors (Lipinski definition) is 1. The van der Waals surface area contributed by atoms with Crippen molar-refractivity contribution < 1.29 is 17.9 Å². The lowest BCUT2D eigenvalue weighted by molar-refractivity contribution is 0.0341. The number of rotatable bonds is 7. The molecule has 1 aliphatic rings. The van der Waals surface area contributed by atoms with Gasteiger partial charge in [-0.1, -0.05) is 36.4 Å². The SMILES string of the molecule is COc1ccc2cc(S(=O)(=O)NCc3ccccc3CN3CCOCC3)ccc2c1. The molecule has 1 heterocycles. The summed E-state index contributed by atoms with van der Waals surface area (Å²) in [7, 11) is -2.02. The van der Waals surface area contributed by atoms with E-state index in [4.69, 9.17) is 9.47 Å². The Kier molecular flexibility index (Phi) is 6.34. The monoisotopic (exact) mass is 426 g/mol. The number of nitrogens with zero attached hydrogens (tertiary/aromatic N) is 1. The van der Waals surface area contributed by atoms with Crippen LogP contribution in [-0.2, 0) is 27.8 Å². The average molecular weight is 427 g/mol. The molecule has 158 valence electrons. The molecule has 7 heteroatoms. The lowest BCUT2D eigenvalue weighted by atomic mass is 10.1. The molecule has 0 aliphatic carbocycles. The maximum atomic E-state index is 12.9. The van der Waals surface area contributed by atoms with E-state index in [1.165, 1.54) is 0 Å². The molecular weight excluding hydrogens is 400 g/mol. The first kappa shape index (κ1) is 20.8. The van der Waals surface area contributed by atoms with Crippen molar-refractivity contribution in [3.8, 4) is 5.75 Å². The third kappa shape index (κ3) is 4.82. The van der Waals surface area contributed by atoms with E-state index in [1.54, 1.807) is 25.3 Å². The minimum absolute atomic E-state index is 0.253. The maximum Gasteiger partial charge on any atom is 0.240 e. The second-order valence-corrected chi connectivity index (χ2v) is 9.12. The molecule has 0 saturated carbocycles. The van der Waals surface area contributed by atoms with Gasteiger partial charge in [0.15, 0.2) is 0 Å². The largest absolute Gasteiger partial charge is 0.497 e. The van der Waals surface area contributed by atoms with E-state index in [1.807, 2.05) is 36.4 Å². The summed E-state index contributed by atoms with van der Waals surface area (Å²) in [5, 5.41) is 1.79. The molecule has 3 aromatic rings. The van der Waals surface area contributed by atoms with Crippen molar-refractivity contribution in [1.82, 2.24) is 9.62 Å². The summed E-state index contributed by atoms with van der Waals surface area (Å²) in [4.78, 5) is 2.58. The minimum atomic E-state index is -3.63. The molecule has 30 heavy (non-hydrogen) atoms. The highest BCUT2D eigenvalue weighted by molar-refractivity contribution is 7.89. The third-order valence-electron chi connectivity index (χ3n) is 5.40. The third-order valence-corrected chi connectivity index (χ3v) is 6.80. The molecule has 1 fully saturated rings. The number of fused-ring (bicyclic) bond motifs is 1. The second kappa shape index (κ2) is 9.14. The molecule has 0 amide bonds. The van der Waals surface area contributed by atoms with Crippen molar-refractivity contribution in [2.75, 3.05) is 33.4 Å². The number of nitrogens with one attached hydrogen (secondary N) is 1. The summed E-state index contributed by atoms with van der Waals surface area (Å²) in [6, 6.07) is 18.7. The summed E-state index contributed by atoms with van der Waals surface area (Å²) < 4.78 is 39.2. The van der Waals surface area contributed by atoms with E-state index >= 15 is 0 Å². The average Bonchev–Trinajstić information content (AvgIpc) is 2.78. The number of morpholine rings is 1. The molecule has 0 spiro atoms. The second-order valence-electron chi connectivity index (χ2n) is 7.36. The topological polar surface area (TPSA) is 67.9 Å². The highest BCUT2D eigenvalue weighted by Crippen LogP contribution is 2.24. The fourth-order valence-electron chi connectivity index (χ4n) is 3.64. The highest BCUT2D eigenvalue weighted by Gasteiger charge is 2.17. The van der Waals surface area contributed by atoms with E-state index in [0.717, 1.165) is 60.5 Å². The zero-order valence-electron chi connectivity index (χ0n) is 17.0. The van der Waals surface area contributed by atoms with Gasteiger partial charge in [-0.15, -0.1) is 0 Å². The van der Waals surface area contributed by atoms with E-state index in [-0.39, 0.29) is 11.4 Å². The Bertz CT molecular complexity index is 1130. The van der Waals surface area contributed by atoms with Crippen molar-refractivity contribution in [3.63, 3.8) is 0 Å². The molecule has 3 aromatic carbocycles. The molecule has 0 radical (unpaired) electrons. The Morgan fingerprint density at radius 3 is 2.43 bits per heavy atom. The van der Waals surface area contributed by atoms with Crippen molar-refractivity contribution >= 4 is 20.8 Å². The fraction of sp³-hybridized carbons (Fsp3) is 0.304. The molecule has 6 nitrogen and oxygen atoms in total. The molecule has 1 saturated heterocycles. The molecule has 0 bridgehead atoms. The lowest BCUT2D eigenvalue weighted by Crippen LogP contribution is -2.36. The fourth-order valence-corrected chi connectivity index (χ4v) is 4.68. The Labute approximate surface area is 177 Å². The first-order valence-corrected chi connectivity index (χ1v) is 11.5. The van der Waals surface area contributed by atoms with Gasteiger partial charge in [-0.05, 0) is 46.2 Å². The molecule has 1 N–H and O–H groups in total. The molecule has 4 rings (SSSR count). The predicted molar refractivity (Wildman–Crippen MR) is 117 cm³/mol. The number of methoxy groups -OCH3 is 1. The van der Waals surface area contributed by atoms with Crippen LogP contribution in [0.3, 0.4) is 0 Å². The van der Waals surface area contributed by atoms with Gasteiger partial charge in [0, 0.05) is 26.2 Å². The smallest absolute Gasteiger partial charge is 0.240 e. The van der Waals surface area contributed by atoms with Crippen molar-refractivity contribution in [2.45, 2.75) is 18.0 Å². The van der Waals surface area contributed by atoms with Crippen LogP contribution < -0.4 is 9.46 Å². The highest BCUT2D eigenvalue weighted by atomic mass is 32.2. The predicted octanol–water partition coefficient (Wildman–Crippen LogP) is 3.16. The molecule has 1 aliphatic heterocycles. The van der Waals surface area contributed by atoms with Crippen molar-refractivity contribution in [3.05, 3.63) is 71.8 Å². The maximum absolute atomic E-state index is 12.9. The molecule has 0 unspecified atom stereocenters. The summed E-state index contributed by atoms with van der Waals surface area (Å²) >= 11 is 0. The van der Waals surface area contributed by atoms with E-state index in [2.05, 4.69) is 15.7 Å². The Balaban J connectivity index is 1.50. The zero-order valence-corrected chi connectivity index (χ0v) is 17.8. The van der Waals surface area contributed by atoms with Crippen LogP contribution in [0.2, 0.25) is 0 Å². The van der Waals surface area contributed by atoms with Crippen LogP contribution >= 0.6 is 0 Å². The number of benzene rings is 3. The standard InChI is InChI=1S/C23H26N2O4S/c1-28-22-8-6-19-15-23(9-7-18(19)14-22)30(26,27)24-16-20-4-2-3-5-21(20)17-25-10-12-29-13-11-25/h2-9,14-15,24H,10-13,16-17H2,1H3. The van der Waals surface area contributed by atoms with Crippen LogP contribution in [0.1, 0.15) is 11.1 Å². The number of hydrogen-bond acceptors (Lipinski definition) is 5. The van der Waals surface area contributed by atoms with Crippen molar-refractivity contribution in [1.29, 1.82) is 0 Å². The van der Waals surface area contributed by atoms with Gasteiger partial charge in [0.2, 0.25) is 10.0 Å². The van der Waals surface area contributed by atoms with Crippen molar-refractivity contribution in [2.24, 2.45) is 0 Å². The number of sulfonamides is 1. The van der Waals surface area contributed by atoms with Crippen LogP contribution in [0.25, 0.3) is 10.8 Å². The lowest BCUT2D eigenvalue weighted by Gasteiger charge is -2.27. The van der Waals surface area contributed by atoms with Crippen LogP contribution in [0.5, 0.6) is 5.75 Å².